The number of nitrogens with zero attached hydrogens (tertiary/aromatic N) is 1. The fourth-order valence-electron chi connectivity index (χ4n) is 2.06. The molecule has 3 rings (SSSR count). The summed E-state index contributed by atoms with van der Waals surface area (Å²) in [5.41, 5.74) is 9.01. The van der Waals surface area contributed by atoms with Gasteiger partial charge in [-0.05, 0) is 48.2 Å². The highest BCUT2D eigenvalue weighted by molar-refractivity contribution is 7.98. The van der Waals surface area contributed by atoms with E-state index >= 15 is 0 Å². The van der Waals surface area contributed by atoms with Crippen LogP contribution >= 0.6 is 24.2 Å². The van der Waals surface area contributed by atoms with Gasteiger partial charge in [-0.25, -0.2) is 0 Å². The molecule has 1 heterocycles. The van der Waals surface area contributed by atoms with E-state index in [1.165, 1.54) is 11.2 Å². The van der Waals surface area contributed by atoms with Crippen LogP contribution in [0.2, 0.25) is 0 Å². The second kappa shape index (κ2) is 7.94. The minimum absolute atomic E-state index is 0. The Morgan fingerprint density at radius 1 is 1.09 bits per heavy atom. The maximum absolute atomic E-state index is 5.79. The van der Waals surface area contributed by atoms with Gasteiger partial charge >= 0.3 is 0 Å². The summed E-state index contributed by atoms with van der Waals surface area (Å²) in [6.07, 6.45) is 3.49. The molecule has 0 fully saturated rings. The van der Waals surface area contributed by atoms with Gasteiger partial charge in [0.25, 0.3) is 0 Å². The second-order valence-corrected chi connectivity index (χ2v) is 5.66. The minimum atomic E-state index is 0. The Labute approximate surface area is 145 Å². The van der Waals surface area contributed by atoms with Gasteiger partial charge in [0.2, 0.25) is 0 Å². The standard InChI is InChI=1S/C17H16N2O2S.ClH/c1-22-15-8-2-12(3-9-15)10-20-14-6-4-13(5-7-14)17-16(18)11-21-19-17;/h2-9,11H,10,18H2,1H3;1H. The summed E-state index contributed by atoms with van der Waals surface area (Å²) >= 11 is 1.73. The highest BCUT2D eigenvalue weighted by atomic mass is 35.5. The van der Waals surface area contributed by atoms with Gasteiger partial charge in [-0.3, -0.25) is 0 Å². The molecule has 120 valence electrons. The number of thioether (sulfide) groups is 1. The van der Waals surface area contributed by atoms with Crippen molar-refractivity contribution in [2.24, 2.45) is 0 Å². The summed E-state index contributed by atoms with van der Waals surface area (Å²) in [7, 11) is 0. The molecule has 4 nitrogen and oxygen atoms in total. The topological polar surface area (TPSA) is 61.3 Å². The first-order valence-electron chi connectivity index (χ1n) is 6.82. The lowest BCUT2D eigenvalue weighted by molar-refractivity contribution is 0.306. The van der Waals surface area contributed by atoms with Crippen LogP contribution in [0.4, 0.5) is 5.69 Å². The summed E-state index contributed by atoms with van der Waals surface area (Å²) < 4.78 is 10.6. The van der Waals surface area contributed by atoms with E-state index in [9.17, 15) is 0 Å². The lowest BCUT2D eigenvalue weighted by Crippen LogP contribution is -1.95. The van der Waals surface area contributed by atoms with Crippen LogP contribution in [0.25, 0.3) is 11.3 Å². The van der Waals surface area contributed by atoms with Crippen LogP contribution in [0.15, 0.2) is 64.2 Å². The molecule has 2 N–H and O–H groups in total. The van der Waals surface area contributed by atoms with Gasteiger partial charge in [0.15, 0.2) is 0 Å². The minimum Gasteiger partial charge on any atom is -0.489 e. The average molecular weight is 349 g/mol. The van der Waals surface area contributed by atoms with Crippen molar-refractivity contribution in [2.75, 3.05) is 12.0 Å². The summed E-state index contributed by atoms with van der Waals surface area (Å²) in [6, 6.07) is 16.0. The van der Waals surface area contributed by atoms with Gasteiger partial charge in [-0.1, -0.05) is 17.3 Å². The van der Waals surface area contributed by atoms with Crippen LogP contribution < -0.4 is 10.5 Å². The van der Waals surface area contributed by atoms with Crippen molar-refractivity contribution in [3.63, 3.8) is 0 Å². The maximum atomic E-state index is 5.79. The molecular formula is C17H17ClN2O2S. The monoisotopic (exact) mass is 348 g/mol. The number of anilines is 1. The van der Waals surface area contributed by atoms with Crippen molar-refractivity contribution < 1.29 is 9.26 Å². The predicted molar refractivity (Wildman–Crippen MR) is 96.2 cm³/mol. The van der Waals surface area contributed by atoms with E-state index in [-0.39, 0.29) is 12.4 Å². The zero-order valence-electron chi connectivity index (χ0n) is 12.6. The number of rotatable bonds is 5. The molecule has 0 spiro atoms. The molecule has 0 atom stereocenters. The zero-order valence-corrected chi connectivity index (χ0v) is 14.2. The number of aromatic nitrogens is 1. The molecule has 0 aliphatic rings. The molecule has 0 saturated heterocycles. The van der Waals surface area contributed by atoms with E-state index in [0.29, 0.717) is 18.0 Å². The Morgan fingerprint density at radius 2 is 1.78 bits per heavy atom. The summed E-state index contributed by atoms with van der Waals surface area (Å²) in [5, 5.41) is 3.88. The molecule has 0 aliphatic carbocycles. The number of hydrogen-bond acceptors (Lipinski definition) is 5. The SMILES string of the molecule is CSc1ccc(COc2ccc(-c3nocc3N)cc2)cc1.Cl. The lowest BCUT2D eigenvalue weighted by atomic mass is 10.1. The number of nitrogens with two attached hydrogens (primary N) is 1. The van der Waals surface area contributed by atoms with E-state index < -0.39 is 0 Å². The lowest BCUT2D eigenvalue weighted by Gasteiger charge is -2.07. The normalized spacial score (nSPS) is 10.1. The summed E-state index contributed by atoms with van der Waals surface area (Å²) in [6.45, 7) is 0.542. The van der Waals surface area contributed by atoms with Crippen molar-refractivity contribution >= 4 is 29.9 Å². The molecule has 0 saturated carbocycles. The average Bonchev–Trinajstić information content (AvgIpc) is 3.00. The van der Waals surface area contributed by atoms with Gasteiger partial charge in [0.1, 0.15) is 30.0 Å². The van der Waals surface area contributed by atoms with E-state index in [4.69, 9.17) is 15.0 Å². The van der Waals surface area contributed by atoms with Crippen molar-refractivity contribution in [3.8, 4) is 17.0 Å². The van der Waals surface area contributed by atoms with Crippen molar-refractivity contribution in [1.82, 2.24) is 5.16 Å². The molecule has 2 aromatic carbocycles. The van der Waals surface area contributed by atoms with Crippen LogP contribution in [0.3, 0.4) is 0 Å². The first-order valence-corrected chi connectivity index (χ1v) is 8.05. The van der Waals surface area contributed by atoms with E-state index in [2.05, 4.69) is 35.7 Å². The van der Waals surface area contributed by atoms with Crippen LogP contribution in [0.5, 0.6) is 5.75 Å². The molecule has 0 unspecified atom stereocenters. The first-order chi connectivity index (χ1) is 10.8. The summed E-state index contributed by atoms with van der Waals surface area (Å²) in [4.78, 5) is 1.25. The molecule has 3 aromatic rings. The van der Waals surface area contributed by atoms with E-state index in [1.807, 2.05) is 24.3 Å². The highest BCUT2D eigenvalue weighted by Gasteiger charge is 2.07. The third-order valence-corrected chi connectivity index (χ3v) is 4.03. The van der Waals surface area contributed by atoms with Gasteiger partial charge in [0, 0.05) is 10.5 Å². The Balaban J connectivity index is 0.00000192. The van der Waals surface area contributed by atoms with Crippen molar-refractivity contribution in [3.05, 3.63) is 60.4 Å². The number of hydrogen-bond donors (Lipinski definition) is 1. The van der Waals surface area contributed by atoms with Gasteiger partial charge in [0.05, 0.1) is 0 Å². The third-order valence-electron chi connectivity index (χ3n) is 3.29. The largest absolute Gasteiger partial charge is 0.489 e. The Hall–Kier alpha value is -2.11. The van der Waals surface area contributed by atoms with Crippen LogP contribution in [0.1, 0.15) is 5.56 Å². The number of halogens is 1. The fourth-order valence-corrected chi connectivity index (χ4v) is 2.47. The fraction of sp³-hybridized carbons (Fsp3) is 0.118. The molecule has 0 amide bonds. The third kappa shape index (κ3) is 4.21. The van der Waals surface area contributed by atoms with Gasteiger partial charge in [-0.2, -0.15) is 0 Å². The molecule has 0 radical (unpaired) electrons. The highest BCUT2D eigenvalue weighted by Crippen LogP contribution is 2.26. The zero-order chi connectivity index (χ0) is 15.4. The molecule has 23 heavy (non-hydrogen) atoms. The van der Waals surface area contributed by atoms with Crippen LogP contribution in [0, 0.1) is 0 Å². The first kappa shape index (κ1) is 17.2. The van der Waals surface area contributed by atoms with Gasteiger partial charge < -0.3 is 15.0 Å². The maximum Gasteiger partial charge on any atom is 0.147 e. The molecule has 0 aliphatic heterocycles. The van der Waals surface area contributed by atoms with E-state index in [1.54, 1.807) is 11.8 Å². The Kier molecular flexibility index (Phi) is 5.96. The van der Waals surface area contributed by atoms with E-state index in [0.717, 1.165) is 16.9 Å². The number of nitrogen functional groups attached to an aromatic ring is 1. The Bertz CT molecular complexity index is 742. The van der Waals surface area contributed by atoms with Crippen molar-refractivity contribution in [1.29, 1.82) is 0 Å². The number of benzene rings is 2. The number of ether oxygens (including phenoxy) is 1. The quantitative estimate of drug-likeness (QED) is 0.680. The smallest absolute Gasteiger partial charge is 0.147 e. The predicted octanol–water partition coefficient (Wildman–Crippen LogP) is 4.65. The second-order valence-electron chi connectivity index (χ2n) is 4.78. The molecule has 0 bridgehead atoms. The summed E-state index contributed by atoms with van der Waals surface area (Å²) in [5.74, 6) is 0.805. The molecular weight excluding hydrogens is 332 g/mol. The molecule has 6 heteroatoms. The van der Waals surface area contributed by atoms with Gasteiger partial charge in [-0.15, -0.1) is 24.2 Å². The van der Waals surface area contributed by atoms with Crippen molar-refractivity contribution in [2.45, 2.75) is 11.5 Å². The Morgan fingerprint density at radius 3 is 2.35 bits per heavy atom. The van der Waals surface area contributed by atoms with Crippen LogP contribution in [-0.4, -0.2) is 11.4 Å². The van der Waals surface area contributed by atoms with Crippen LogP contribution in [-0.2, 0) is 6.61 Å². The molecule has 1 aromatic heterocycles.